The molecule has 0 bridgehead atoms. The smallest absolute Gasteiger partial charge is 0.0670 e. The summed E-state index contributed by atoms with van der Waals surface area (Å²) in [5.74, 6) is 0. The lowest BCUT2D eigenvalue weighted by molar-refractivity contribution is 0.949. The van der Waals surface area contributed by atoms with Crippen LogP contribution >= 0.6 is 0 Å². The summed E-state index contributed by atoms with van der Waals surface area (Å²) in [6.07, 6.45) is 11.5. The molecule has 1 aliphatic rings. The van der Waals surface area contributed by atoms with Crippen LogP contribution in [0.1, 0.15) is 26.2 Å². The maximum Gasteiger partial charge on any atom is 0.0670 e. The van der Waals surface area contributed by atoms with E-state index in [2.05, 4.69) is 59.6 Å². The molecule has 0 aliphatic carbocycles. The fourth-order valence-corrected chi connectivity index (χ4v) is 3.60. The number of benzene rings is 2. The third-order valence-corrected chi connectivity index (χ3v) is 4.92. The number of nitrogens with one attached hydrogen (secondary N) is 1. The predicted octanol–water partition coefficient (Wildman–Crippen LogP) is 4.93. The lowest BCUT2D eigenvalue weighted by Gasteiger charge is -2.23. The highest BCUT2D eigenvalue weighted by Gasteiger charge is 2.16. The van der Waals surface area contributed by atoms with Gasteiger partial charge in [-0.1, -0.05) is 36.4 Å². The molecule has 1 heterocycles. The van der Waals surface area contributed by atoms with Gasteiger partial charge in [0.05, 0.1) is 5.69 Å². The molecule has 0 aromatic heterocycles. The zero-order valence-electron chi connectivity index (χ0n) is 16.7. The van der Waals surface area contributed by atoms with E-state index >= 15 is 0 Å². The molecular weight excluding hydrogens is 332 g/mol. The molecule has 2 aromatic rings. The van der Waals surface area contributed by atoms with E-state index in [-0.39, 0.29) is 0 Å². The SMILES string of the molecule is CN/C=C\C=C/C/C(C)=N/N(C)c1ccc(N2CCCC2)c2ccccc12. The molecule has 1 aliphatic heterocycles. The van der Waals surface area contributed by atoms with Crippen LogP contribution in [-0.2, 0) is 0 Å². The van der Waals surface area contributed by atoms with Crippen molar-refractivity contribution in [2.45, 2.75) is 26.2 Å². The molecule has 4 nitrogen and oxygen atoms in total. The molecule has 2 aromatic carbocycles. The minimum absolute atomic E-state index is 0.836. The standard InChI is InChI=1S/C23H30N4/c1-19(11-5-4-8-16-24-2)25-26(3)22-14-15-23(27-17-9-10-18-27)21-13-7-6-12-20(21)22/h4-8,12-16,24H,9-11,17-18H2,1-3H3/b5-4-,16-8-,25-19+. The van der Waals surface area contributed by atoms with Crippen LogP contribution in [0.15, 0.2) is 65.9 Å². The van der Waals surface area contributed by atoms with Crippen LogP contribution in [0.25, 0.3) is 10.8 Å². The van der Waals surface area contributed by atoms with Crippen molar-refractivity contribution in [2.24, 2.45) is 5.10 Å². The number of hydrogen-bond acceptors (Lipinski definition) is 4. The third kappa shape index (κ3) is 4.70. The summed E-state index contributed by atoms with van der Waals surface area (Å²) in [5, 5.41) is 12.3. The highest BCUT2D eigenvalue weighted by molar-refractivity contribution is 6.02. The van der Waals surface area contributed by atoms with E-state index in [0.717, 1.165) is 30.9 Å². The Morgan fingerprint density at radius 3 is 2.59 bits per heavy atom. The van der Waals surface area contributed by atoms with Gasteiger partial charge in [-0.15, -0.1) is 0 Å². The molecule has 0 spiro atoms. The number of hydrogen-bond donors (Lipinski definition) is 1. The Morgan fingerprint density at radius 2 is 1.85 bits per heavy atom. The van der Waals surface area contributed by atoms with Crippen molar-refractivity contribution >= 4 is 27.9 Å². The normalized spacial score (nSPS) is 15.4. The Kier molecular flexibility index (Phi) is 6.53. The van der Waals surface area contributed by atoms with E-state index in [1.165, 1.54) is 29.3 Å². The molecule has 0 unspecified atom stereocenters. The van der Waals surface area contributed by atoms with Crippen LogP contribution in [0.5, 0.6) is 0 Å². The molecule has 0 saturated carbocycles. The summed E-state index contributed by atoms with van der Waals surface area (Å²) < 4.78 is 0. The summed E-state index contributed by atoms with van der Waals surface area (Å²) >= 11 is 0. The van der Waals surface area contributed by atoms with Gasteiger partial charge in [0, 0.05) is 55.8 Å². The number of fused-ring (bicyclic) bond motifs is 1. The summed E-state index contributed by atoms with van der Waals surface area (Å²) in [7, 11) is 3.93. The molecule has 142 valence electrons. The van der Waals surface area contributed by atoms with Crippen molar-refractivity contribution in [3.8, 4) is 0 Å². The summed E-state index contributed by atoms with van der Waals surface area (Å²) in [6.45, 7) is 4.39. The number of hydrazone groups is 1. The minimum Gasteiger partial charge on any atom is -0.394 e. The Hall–Kier alpha value is -2.75. The Bertz CT molecular complexity index is 845. The highest BCUT2D eigenvalue weighted by Crippen LogP contribution is 2.35. The van der Waals surface area contributed by atoms with Gasteiger partial charge in [0.25, 0.3) is 0 Å². The van der Waals surface area contributed by atoms with Gasteiger partial charge in [0.15, 0.2) is 0 Å². The Morgan fingerprint density at radius 1 is 1.11 bits per heavy atom. The molecule has 0 radical (unpaired) electrons. The first-order valence-electron chi connectivity index (χ1n) is 9.74. The average molecular weight is 363 g/mol. The van der Waals surface area contributed by atoms with E-state index in [1.54, 1.807) is 0 Å². The van der Waals surface area contributed by atoms with Crippen LogP contribution in [0.2, 0.25) is 0 Å². The summed E-state index contributed by atoms with van der Waals surface area (Å²) in [6, 6.07) is 13.1. The van der Waals surface area contributed by atoms with Crippen LogP contribution < -0.4 is 15.2 Å². The average Bonchev–Trinajstić information content (AvgIpc) is 3.21. The number of allylic oxidation sites excluding steroid dienone is 3. The number of anilines is 2. The third-order valence-electron chi connectivity index (χ3n) is 4.92. The molecule has 1 saturated heterocycles. The monoisotopic (exact) mass is 362 g/mol. The van der Waals surface area contributed by atoms with Crippen molar-refractivity contribution in [2.75, 3.05) is 37.1 Å². The summed E-state index contributed by atoms with van der Waals surface area (Å²) in [4.78, 5) is 2.50. The molecular formula is C23H30N4. The maximum atomic E-state index is 4.79. The van der Waals surface area contributed by atoms with Crippen molar-refractivity contribution in [1.82, 2.24) is 5.32 Å². The van der Waals surface area contributed by atoms with Crippen LogP contribution in [-0.4, -0.2) is 32.9 Å². The second-order valence-electron chi connectivity index (χ2n) is 6.98. The fraction of sp³-hybridized carbons (Fsp3) is 0.348. The quantitative estimate of drug-likeness (QED) is 0.430. The first kappa shape index (κ1) is 19.0. The van der Waals surface area contributed by atoms with Gasteiger partial charge in [0.2, 0.25) is 0 Å². The van der Waals surface area contributed by atoms with Crippen LogP contribution in [0, 0.1) is 0 Å². The van der Waals surface area contributed by atoms with Gasteiger partial charge in [-0.3, -0.25) is 5.01 Å². The molecule has 0 amide bonds. The largest absolute Gasteiger partial charge is 0.394 e. The lowest BCUT2D eigenvalue weighted by atomic mass is 10.1. The minimum atomic E-state index is 0.836. The van der Waals surface area contributed by atoms with Crippen molar-refractivity contribution in [1.29, 1.82) is 0 Å². The number of rotatable bonds is 7. The predicted molar refractivity (Wildman–Crippen MR) is 119 cm³/mol. The van der Waals surface area contributed by atoms with Gasteiger partial charge in [-0.2, -0.15) is 5.10 Å². The second-order valence-corrected chi connectivity index (χ2v) is 6.98. The second kappa shape index (κ2) is 9.26. The molecule has 1 fully saturated rings. The van der Waals surface area contributed by atoms with Crippen molar-refractivity contribution in [3.05, 3.63) is 60.8 Å². The zero-order valence-corrected chi connectivity index (χ0v) is 16.7. The Labute approximate surface area is 162 Å². The van der Waals surface area contributed by atoms with Gasteiger partial charge < -0.3 is 10.2 Å². The van der Waals surface area contributed by atoms with Crippen molar-refractivity contribution < 1.29 is 0 Å². The number of nitrogens with zero attached hydrogens (tertiary/aromatic N) is 3. The van der Waals surface area contributed by atoms with Crippen molar-refractivity contribution in [3.63, 3.8) is 0 Å². The van der Waals surface area contributed by atoms with E-state index in [1.807, 2.05) is 37.5 Å². The highest BCUT2D eigenvalue weighted by atomic mass is 15.4. The fourth-order valence-electron chi connectivity index (χ4n) is 3.60. The lowest BCUT2D eigenvalue weighted by Crippen LogP contribution is -2.18. The Balaban J connectivity index is 1.83. The molecule has 3 rings (SSSR count). The van der Waals surface area contributed by atoms with Gasteiger partial charge >= 0.3 is 0 Å². The topological polar surface area (TPSA) is 30.9 Å². The van der Waals surface area contributed by atoms with E-state index in [9.17, 15) is 0 Å². The van der Waals surface area contributed by atoms with Gasteiger partial charge in [-0.05, 0) is 44.2 Å². The summed E-state index contributed by atoms with van der Waals surface area (Å²) in [5.41, 5.74) is 3.58. The first-order valence-corrected chi connectivity index (χ1v) is 9.74. The maximum absolute atomic E-state index is 4.79. The molecule has 27 heavy (non-hydrogen) atoms. The molecule has 0 atom stereocenters. The van der Waals surface area contributed by atoms with E-state index < -0.39 is 0 Å². The zero-order chi connectivity index (χ0) is 19.1. The van der Waals surface area contributed by atoms with Gasteiger partial charge in [0.1, 0.15) is 0 Å². The van der Waals surface area contributed by atoms with E-state index in [4.69, 9.17) is 5.10 Å². The van der Waals surface area contributed by atoms with Crippen LogP contribution in [0.4, 0.5) is 11.4 Å². The van der Waals surface area contributed by atoms with E-state index in [0.29, 0.717) is 0 Å². The first-order chi connectivity index (χ1) is 13.2. The van der Waals surface area contributed by atoms with Gasteiger partial charge in [-0.25, -0.2) is 0 Å². The van der Waals surface area contributed by atoms with Crippen LogP contribution in [0.3, 0.4) is 0 Å². The molecule has 4 heteroatoms. The molecule has 1 N–H and O–H groups in total.